The molecule has 0 fully saturated rings. The number of carbonyl (C=O) groups is 2. The number of methoxy groups -OCH3 is 1. The number of allylic oxidation sites excluding steroid dienone is 3. The van der Waals surface area contributed by atoms with Crippen molar-refractivity contribution < 1.29 is 23.5 Å². The predicted molar refractivity (Wildman–Crippen MR) is 126 cm³/mol. The Labute approximate surface area is 198 Å². The molecular weight excluding hydrogens is 442 g/mol. The molecule has 1 atom stereocenters. The molecule has 7 heteroatoms. The number of carbonyl (C=O) groups excluding carboxylic acids is 2. The Hall–Kier alpha value is -2.99. The van der Waals surface area contributed by atoms with Gasteiger partial charge in [0.2, 0.25) is 0 Å². The van der Waals surface area contributed by atoms with E-state index in [9.17, 15) is 9.59 Å². The van der Waals surface area contributed by atoms with E-state index in [1.807, 2.05) is 25.1 Å². The molecule has 6 nitrogen and oxygen atoms in total. The van der Waals surface area contributed by atoms with E-state index in [2.05, 4.69) is 19.2 Å². The predicted octanol–water partition coefficient (Wildman–Crippen LogP) is 5.78. The van der Waals surface area contributed by atoms with E-state index in [0.717, 1.165) is 11.3 Å². The Morgan fingerprint density at radius 1 is 1.24 bits per heavy atom. The first-order chi connectivity index (χ1) is 15.6. The minimum absolute atomic E-state index is 0.0125. The largest absolute Gasteiger partial charge is 0.495 e. The summed E-state index contributed by atoms with van der Waals surface area (Å²) in [6.45, 7) is 7.98. The van der Waals surface area contributed by atoms with Gasteiger partial charge in [-0.3, -0.25) is 4.79 Å². The van der Waals surface area contributed by atoms with E-state index in [0.29, 0.717) is 52.0 Å². The van der Waals surface area contributed by atoms with Crippen LogP contribution in [0.25, 0.3) is 11.3 Å². The van der Waals surface area contributed by atoms with Crippen LogP contribution >= 0.6 is 11.6 Å². The molecule has 0 saturated carbocycles. The van der Waals surface area contributed by atoms with Crippen molar-refractivity contribution >= 4 is 23.4 Å². The molecule has 2 aromatic rings. The summed E-state index contributed by atoms with van der Waals surface area (Å²) in [4.78, 5) is 26.3. The van der Waals surface area contributed by atoms with Gasteiger partial charge < -0.3 is 19.2 Å². The van der Waals surface area contributed by atoms with Gasteiger partial charge in [-0.25, -0.2) is 4.79 Å². The molecule has 0 radical (unpaired) electrons. The number of hydrogen-bond donors (Lipinski definition) is 1. The van der Waals surface area contributed by atoms with Gasteiger partial charge in [0.25, 0.3) is 0 Å². The number of rotatable bonds is 5. The fourth-order valence-corrected chi connectivity index (χ4v) is 4.94. The molecule has 0 bridgehead atoms. The lowest BCUT2D eigenvalue weighted by Gasteiger charge is -2.38. The third-order valence-corrected chi connectivity index (χ3v) is 6.38. The van der Waals surface area contributed by atoms with Gasteiger partial charge in [0.15, 0.2) is 5.78 Å². The zero-order valence-corrected chi connectivity index (χ0v) is 20.3. The second-order valence-electron chi connectivity index (χ2n) is 9.20. The van der Waals surface area contributed by atoms with Crippen LogP contribution in [0.15, 0.2) is 57.3 Å². The average molecular weight is 470 g/mol. The number of hydrogen-bond acceptors (Lipinski definition) is 6. The number of ketones is 1. The minimum atomic E-state index is -0.633. The van der Waals surface area contributed by atoms with Gasteiger partial charge in [-0.1, -0.05) is 25.4 Å². The van der Waals surface area contributed by atoms with E-state index in [1.165, 1.54) is 0 Å². The highest BCUT2D eigenvalue weighted by atomic mass is 35.5. The molecule has 1 aromatic carbocycles. The summed E-state index contributed by atoms with van der Waals surface area (Å²) in [5.74, 6) is 0.590. The molecule has 0 unspecified atom stereocenters. The van der Waals surface area contributed by atoms with Crippen LogP contribution in [0.1, 0.15) is 52.2 Å². The summed E-state index contributed by atoms with van der Waals surface area (Å²) in [5, 5.41) is 3.78. The summed E-state index contributed by atoms with van der Waals surface area (Å²) in [6.07, 6.45) is 1.11. The molecule has 174 valence electrons. The number of nitrogens with one attached hydrogen (secondary N) is 1. The maximum absolute atomic E-state index is 13.3. The van der Waals surface area contributed by atoms with Gasteiger partial charge in [-0.2, -0.15) is 0 Å². The van der Waals surface area contributed by atoms with Crippen LogP contribution in [0.4, 0.5) is 0 Å². The van der Waals surface area contributed by atoms with Crippen molar-refractivity contribution in [3.63, 3.8) is 0 Å². The highest BCUT2D eigenvalue weighted by Crippen LogP contribution is 2.47. The first kappa shape index (κ1) is 23.2. The third-order valence-electron chi connectivity index (χ3n) is 6.08. The quantitative estimate of drug-likeness (QED) is 0.559. The van der Waals surface area contributed by atoms with Crippen molar-refractivity contribution in [2.24, 2.45) is 5.41 Å². The normalized spacial score (nSPS) is 19.8. The molecule has 1 N–H and O–H groups in total. The van der Waals surface area contributed by atoms with Crippen LogP contribution in [0.5, 0.6) is 5.75 Å². The number of benzene rings is 1. The summed E-state index contributed by atoms with van der Waals surface area (Å²) < 4.78 is 16.8. The topological polar surface area (TPSA) is 77.8 Å². The highest BCUT2D eigenvalue weighted by Gasteiger charge is 2.44. The van der Waals surface area contributed by atoms with Gasteiger partial charge in [0.05, 0.1) is 30.2 Å². The standard InChI is InChI=1S/C26H28ClNO5/c1-6-32-25(30)22-14(2)28-17-12-26(3,4)13-18(29)23(17)24(22)21-10-9-19(33-21)15-7-8-20(31-5)16(27)11-15/h7-11,24,28H,6,12-13H2,1-5H3/t24-/m1/s1. The fraction of sp³-hybridized carbons (Fsp3) is 0.385. The van der Waals surface area contributed by atoms with Crippen molar-refractivity contribution in [3.8, 4) is 17.1 Å². The fourth-order valence-electron chi connectivity index (χ4n) is 4.68. The van der Waals surface area contributed by atoms with E-state index < -0.39 is 11.9 Å². The second-order valence-corrected chi connectivity index (χ2v) is 9.61. The number of esters is 1. The number of ether oxygens (including phenoxy) is 2. The highest BCUT2D eigenvalue weighted by molar-refractivity contribution is 6.32. The summed E-state index contributed by atoms with van der Waals surface area (Å²) >= 11 is 6.29. The number of furan rings is 1. The van der Waals surface area contributed by atoms with Crippen LogP contribution in [0.3, 0.4) is 0 Å². The van der Waals surface area contributed by atoms with Gasteiger partial charge >= 0.3 is 5.97 Å². The third kappa shape index (κ3) is 4.32. The number of dihydropyridines is 1. The molecule has 1 aromatic heterocycles. The van der Waals surface area contributed by atoms with E-state index >= 15 is 0 Å². The summed E-state index contributed by atoms with van der Waals surface area (Å²) in [7, 11) is 1.56. The smallest absolute Gasteiger partial charge is 0.336 e. The van der Waals surface area contributed by atoms with Crippen molar-refractivity contribution in [1.29, 1.82) is 0 Å². The van der Waals surface area contributed by atoms with E-state index in [4.69, 9.17) is 25.5 Å². The summed E-state index contributed by atoms with van der Waals surface area (Å²) in [6, 6.07) is 9.02. The second kappa shape index (κ2) is 8.75. The maximum Gasteiger partial charge on any atom is 0.336 e. The summed E-state index contributed by atoms with van der Waals surface area (Å²) in [5.41, 5.74) is 3.10. The first-order valence-corrected chi connectivity index (χ1v) is 11.4. The Morgan fingerprint density at radius 3 is 2.67 bits per heavy atom. The van der Waals surface area contributed by atoms with Gasteiger partial charge in [-0.05, 0) is 56.0 Å². The van der Waals surface area contributed by atoms with Crippen LogP contribution < -0.4 is 10.1 Å². The molecule has 2 heterocycles. The number of Topliss-reactive ketones (excluding diaryl/α,β-unsaturated/α-hetero) is 1. The molecular formula is C26H28ClNO5. The number of halogens is 1. The zero-order valence-electron chi connectivity index (χ0n) is 19.5. The molecule has 1 aliphatic carbocycles. The zero-order chi connectivity index (χ0) is 23.9. The lowest BCUT2D eigenvalue weighted by atomic mass is 9.69. The molecule has 4 rings (SSSR count). The van der Waals surface area contributed by atoms with Crippen LogP contribution in [-0.2, 0) is 14.3 Å². The van der Waals surface area contributed by atoms with Crippen LogP contribution in [0.2, 0.25) is 5.02 Å². The van der Waals surface area contributed by atoms with E-state index in [-0.39, 0.29) is 17.8 Å². The lowest BCUT2D eigenvalue weighted by molar-refractivity contribution is -0.138. The van der Waals surface area contributed by atoms with E-state index in [1.54, 1.807) is 26.2 Å². The monoisotopic (exact) mass is 469 g/mol. The molecule has 0 saturated heterocycles. The maximum atomic E-state index is 13.3. The molecule has 0 spiro atoms. The SMILES string of the molecule is CCOC(=O)C1=C(C)NC2=C(C(=O)CC(C)(C)C2)[C@@H]1c1ccc(-c2ccc(OC)c(Cl)c2)o1. The Morgan fingerprint density at radius 2 is 2.00 bits per heavy atom. The molecule has 33 heavy (non-hydrogen) atoms. The molecule has 2 aliphatic rings. The van der Waals surface area contributed by atoms with Crippen LogP contribution in [0, 0.1) is 5.41 Å². The molecule has 0 amide bonds. The first-order valence-electron chi connectivity index (χ1n) is 11.0. The Balaban J connectivity index is 1.82. The van der Waals surface area contributed by atoms with Crippen molar-refractivity contribution in [1.82, 2.24) is 5.32 Å². The van der Waals surface area contributed by atoms with Gasteiger partial charge in [0, 0.05) is 29.0 Å². The van der Waals surface area contributed by atoms with Gasteiger partial charge in [0.1, 0.15) is 17.3 Å². The Kier molecular flexibility index (Phi) is 6.14. The Bertz CT molecular complexity index is 1190. The lowest BCUT2D eigenvalue weighted by Crippen LogP contribution is -2.38. The van der Waals surface area contributed by atoms with Crippen molar-refractivity contribution in [2.75, 3.05) is 13.7 Å². The molecule has 1 aliphatic heterocycles. The van der Waals surface area contributed by atoms with Crippen LogP contribution in [-0.4, -0.2) is 25.5 Å². The van der Waals surface area contributed by atoms with Crippen molar-refractivity contribution in [2.45, 2.75) is 46.5 Å². The average Bonchev–Trinajstić information content (AvgIpc) is 3.21. The van der Waals surface area contributed by atoms with Crippen molar-refractivity contribution in [3.05, 3.63) is 63.7 Å². The minimum Gasteiger partial charge on any atom is -0.495 e. The van der Waals surface area contributed by atoms with Gasteiger partial charge in [-0.15, -0.1) is 0 Å².